The number of halogens is 1. The standard InChI is InChI=1S/C15H23ClN2S/c1-10(17)6-13-4-5-14(7-15(13)16)18-8-11(2)19-12(3)9-18/h4-5,7,10-12H,6,8-9,17H2,1-3H3. The van der Waals surface area contributed by atoms with Crippen molar-refractivity contribution < 1.29 is 0 Å². The minimum Gasteiger partial charge on any atom is -0.369 e. The van der Waals surface area contributed by atoms with Crippen LogP contribution in [0.1, 0.15) is 26.3 Å². The van der Waals surface area contributed by atoms with Gasteiger partial charge in [-0.25, -0.2) is 0 Å². The maximum Gasteiger partial charge on any atom is 0.0459 e. The fourth-order valence-electron chi connectivity index (χ4n) is 2.63. The Hall–Kier alpha value is -0.380. The molecule has 1 aliphatic heterocycles. The van der Waals surface area contributed by atoms with Crippen molar-refractivity contribution in [1.82, 2.24) is 0 Å². The van der Waals surface area contributed by atoms with Crippen LogP contribution < -0.4 is 10.6 Å². The van der Waals surface area contributed by atoms with Crippen LogP contribution in [0.4, 0.5) is 5.69 Å². The van der Waals surface area contributed by atoms with Crippen LogP contribution in [0.2, 0.25) is 5.02 Å². The Labute approximate surface area is 125 Å². The van der Waals surface area contributed by atoms with Gasteiger partial charge in [0.05, 0.1) is 0 Å². The summed E-state index contributed by atoms with van der Waals surface area (Å²) < 4.78 is 0. The first kappa shape index (κ1) is 15.0. The molecule has 0 aliphatic carbocycles. The zero-order chi connectivity index (χ0) is 14.0. The van der Waals surface area contributed by atoms with Gasteiger partial charge in [0.15, 0.2) is 0 Å². The molecule has 1 aromatic carbocycles. The summed E-state index contributed by atoms with van der Waals surface area (Å²) in [5, 5.41) is 2.19. The first-order chi connectivity index (χ1) is 8.95. The van der Waals surface area contributed by atoms with E-state index in [0.717, 1.165) is 30.1 Å². The number of nitrogens with two attached hydrogens (primary N) is 1. The fourth-order valence-corrected chi connectivity index (χ4v) is 4.21. The lowest BCUT2D eigenvalue weighted by Gasteiger charge is -2.36. The monoisotopic (exact) mass is 298 g/mol. The lowest BCUT2D eigenvalue weighted by Crippen LogP contribution is -2.40. The Bertz CT molecular complexity index is 426. The highest BCUT2D eigenvalue weighted by molar-refractivity contribution is 8.00. The molecule has 0 spiro atoms. The zero-order valence-corrected chi connectivity index (χ0v) is 13.5. The molecular formula is C15H23ClN2S. The Balaban J connectivity index is 2.15. The summed E-state index contributed by atoms with van der Waals surface area (Å²) in [5.74, 6) is 0. The van der Waals surface area contributed by atoms with Crippen molar-refractivity contribution in [3.8, 4) is 0 Å². The van der Waals surface area contributed by atoms with E-state index in [1.807, 2.05) is 6.92 Å². The second-order valence-electron chi connectivity index (χ2n) is 5.62. The van der Waals surface area contributed by atoms with Crippen molar-refractivity contribution in [3.05, 3.63) is 28.8 Å². The molecule has 0 saturated carbocycles. The van der Waals surface area contributed by atoms with Gasteiger partial charge in [0.1, 0.15) is 0 Å². The number of hydrogen-bond acceptors (Lipinski definition) is 3. The summed E-state index contributed by atoms with van der Waals surface area (Å²) in [4.78, 5) is 2.44. The minimum atomic E-state index is 0.148. The average Bonchev–Trinajstić information content (AvgIpc) is 2.30. The summed E-state index contributed by atoms with van der Waals surface area (Å²) in [6.45, 7) is 8.78. The summed E-state index contributed by atoms with van der Waals surface area (Å²) in [6.07, 6.45) is 0.835. The van der Waals surface area contributed by atoms with E-state index < -0.39 is 0 Å². The van der Waals surface area contributed by atoms with Crippen molar-refractivity contribution in [1.29, 1.82) is 0 Å². The van der Waals surface area contributed by atoms with Crippen molar-refractivity contribution >= 4 is 29.1 Å². The van der Waals surface area contributed by atoms with Crippen LogP contribution in [0, 0.1) is 0 Å². The smallest absolute Gasteiger partial charge is 0.0459 e. The molecule has 2 rings (SSSR count). The highest BCUT2D eigenvalue weighted by atomic mass is 35.5. The molecule has 0 aromatic heterocycles. The van der Waals surface area contributed by atoms with E-state index in [9.17, 15) is 0 Å². The van der Waals surface area contributed by atoms with Crippen LogP contribution in [0.3, 0.4) is 0 Å². The lowest BCUT2D eigenvalue weighted by atomic mass is 10.1. The number of benzene rings is 1. The maximum absolute atomic E-state index is 6.38. The van der Waals surface area contributed by atoms with E-state index in [4.69, 9.17) is 17.3 Å². The number of rotatable bonds is 3. The summed E-state index contributed by atoms with van der Waals surface area (Å²) in [6, 6.07) is 6.54. The van der Waals surface area contributed by atoms with Crippen molar-refractivity contribution in [2.45, 2.75) is 43.7 Å². The van der Waals surface area contributed by atoms with Crippen molar-refractivity contribution in [3.63, 3.8) is 0 Å². The SMILES string of the molecule is CC(N)Cc1ccc(N2CC(C)SC(C)C2)cc1Cl. The molecule has 1 heterocycles. The molecule has 1 aromatic rings. The van der Waals surface area contributed by atoms with Gasteiger partial charge in [0.25, 0.3) is 0 Å². The normalized spacial score (nSPS) is 25.4. The van der Waals surface area contributed by atoms with Gasteiger partial charge in [-0.2, -0.15) is 11.8 Å². The van der Waals surface area contributed by atoms with Gasteiger partial charge in [-0.3, -0.25) is 0 Å². The van der Waals surface area contributed by atoms with E-state index >= 15 is 0 Å². The van der Waals surface area contributed by atoms with Gasteiger partial charge in [-0.1, -0.05) is 31.5 Å². The van der Waals surface area contributed by atoms with Crippen LogP contribution in [-0.4, -0.2) is 29.6 Å². The highest BCUT2D eigenvalue weighted by Crippen LogP contribution is 2.31. The third-order valence-corrected chi connectivity index (χ3v) is 4.94. The predicted molar refractivity (Wildman–Crippen MR) is 87.5 cm³/mol. The van der Waals surface area contributed by atoms with Crippen LogP contribution in [0.15, 0.2) is 18.2 Å². The second-order valence-corrected chi connectivity index (χ2v) is 7.91. The Morgan fingerprint density at radius 1 is 1.37 bits per heavy atom. The van der Waals surface area contributed by atoms with Crippen LogP contribution >= 0.6 is 23.4 Å². The quantitative estimate of drug-likeness (QED) is 0.925. The summed E-state index contributed by atoms with van der Waals surface area (Å²) in [5.41, 5.74) is 8.22. The molecule has 3 atom stereocenters. The molecule has 1 aliphatic rings. The van der Waals surface area contributed by atoms with Crippen molar-refractivity contribution in [2.24, 2.45) is 5.73 Å². The highest BCUT2D eigenvalue weighted by Gasteiger charge is 2.22. The first-order valence-corrected chi connectivity index (χ1v) is 8.22. The predicted octanol–water partition coefficient (Wildman–Crippen LogP) is 3.56. The molecular weight excluding hydrogens is 276 g/mol. The Morgan fingerprint density at radius 3 is 2.53 bits per heavy atom. The van der Waals surface area contributed by atoms with Crippen LogP contribution in [0.5, 0.6) is 0 Å². The maximum atomic E-state index is 6.38. The van der Waals surface area contributed by atoms with Gasteiger partial charge in [0.2, 0.25) is 0 Å². The summed E-state index contributed by atoms with van der Waals surface area (Å²) >= 11 is 8.44. The molecule has 2 nitrogen and oxygen atoms in total. The third-order valence-electron chi connectivity index (χ3n) is 3.36. The molecule has 0 radical (unpaired) electrons. The van der Waals surface area contributed by atoms with E-state index in [1.165, 1.54) is 5.69 Å². The van der Waals surface area contributed by atoms with Crippen LogP contribution in [-0.2, 0) is 6.42 Å². The number of hydrogen-bond donors (Lipinski definition) is 1. The zero-order valence-electron chi connectivity index (χ0n) is 11.9. The molecule has 2 N–H and O–H groups in total. The van der Waals surface area contributed by atoms with Gasteiger partial charge in [-0.05, 0) is 31.0 Å². The molecule has 0 bridgehead atoms. The molecule has 3 unspecified atom stereocenters. The first-order valence-electron chi connectivity index (χ1n) is 6.90. The van der Waals surface area contributed by atoms with E-state index in [2.05, 4.69) is 48.7 Å². The largest absolute Gasteiger partial charge is 0.369 e. The van der Waals surface area contributed by atoms with Crippen LogP contribution in [0.25, 0.3) is 0 Å². The number of anilines is 1. The second kappa shape index (κ2) is 6.38. The average molecular weight is 299 g/mol. The van der Waals surface area contributed by atoms with Crippen molar-refractivity contribution in [2.75, 3.05) is 18.0 Å². The molecule has 1 fully saturated rings. The van der Waals surface area contributed by atoms with Gasteiger partial charge in [0, 0.05) is 40.3 Å². The molecule has 19 heavy (non-hydrogen) atoms. The minimum absolute atomic E-state index is 0.148. The lowest BCUT2D eigenvalue weighted by molar-refractivity contribution is 0.725. The fraction of sp³-hybridized carbons (Fsp3) is 0.600. The number of thioether (sulfide) groups is 1. The molecule has 4 heteroatoms. The van der Waals surface area contributed by atoms with E-state index in [1.54, 1.807) is 0 Å². The Morgan fingerprint density at radius 2 is 2.00 bits per heavy atom. The van der Waals surface area contributed by atoms with Gasteiger partial charge >= 0.3 is 0 Å². The topological polar surface area (TPSA) is 29.3 Å². The molecule has 106 valence electrons. The van der Waals surface area contributed by atoms with E-state index in [-0.39, 0.29) is 6.04 Å². The Kier molecular flexibility index (Phi) is 5.04. The van der Waals surface area contributed by atoms with Gasteiger partial charge in [-0.15, -0.1) is 0 Å². The molecule has 0 amide bonds. The third kappa shape index (κ3) is 4.04. The molecule has 1 saturated heterocycles. The summed E-state index contributed by atoms with van der Waals surface area (Å²) in [7, 11) is 0. The van der Waals surface area contributed by atoms with Gasteiger partial charge < -0.3 is 10.6 Å². The van der Waals surface area contributed by atoms with E-state index in [0.29, 0.717) is 10.5 Å². The number of nitrogens with zero attached hydrogens (tertiary/aromatic N) is 1.